The van der Waals surface area contributed by atoms with Gasteiger partial charge in [-0.2, -0.15) is 0 Å². The Morgan fingerprint density at radius 1 is 1.48 bits per heavy atom. The topological polar surface area (TPSA) is 77.2 Å². The molecule has 110 valence electrons. The van der Waals surface area contributed by atoms with Crippen molar-refractivity contribution in [2.75, 3.05) is 7.11 Å². The molecule has 6 nitrogen and oxygen atoms in total. The molecule has 0 saturated heterocycles. The van der Waals surface area contributed by atoms with Gasteiger partial charge in [-0.1, -0.05) is 0 Å². The van der Waals surface area contributed by atoms with E-state index in [4.69, 9.17) is 9.84 Å². The normalized spacial score (nSPS) is 17.3. The molecule has 1 aromatic heterocycles. The monoisotopic (exact) mass is 291 g/mol. The van der Waals surface area contributed by atoms with Crippen LogP contribution in [0.1, 0.15) is 12.2 Å². The lowest BCUT2D eigenvalue weighted by molar-refractivity contribution is -0.142. The minimum Gasteiger partial charge on any atom is -0.494 e. The number of carboxylic acids is 1. The van der Waals surface area contributed by atoms with Crippen LogP contribution in [0.4, 0.5) is 4.39 Å². The highest BCUT2D eigenvalue weighted by atomic mass is 19.1. The number of carboxylic acid groups (broad SMARTS) is 1. The summed E-state index contributed by atoms with van der Waals surface area (Å²) >= 11 is 0. The lowest BCUT2D eigenvalue weighted by Crippen LogP contribution is -2.27. The number of benzene rings is 1. The molecule has 0 amide bonds. The highest BCUT2D eigenvalue weighted by molar-refractivity contribution is 5.70. The van der Waals surface area contributed by atoms with Crippen LogP contribution in [0.5, 0.6) is 5.75 Å². The third-order valence-electron chi connectivity index (χ3n) is 3.71. The van der Waals surface area contributed by atoms with E-state index in [-0.39, 0.29) is 5.75 Å². The van der Waals surface area contributed by atoms with Crippen molar-refractivity contribution >= 4 is 5.97 Å². The Kier molecular flexibility index (Phi) is 3.32. The Bertz CT molecular complexity index is 699. The average molecular weight is 291 g/mol. The van der Waals surface area contributed by atoms with Crippen LogP contribution in [-0.4, -0.2) is 33.0 Å². The molecule has 1 N–H and O–H groups in total. The molecule has 0 aliphatic carbocycles. The summed E-state index contributed by atoms with van der Waals surface area (Å²) in [5.41, 5.74) is 0.554. The zero-order valence-corrected chi connectivity index (χ0v) is 11.4. The number of nitrogens with zero attached hydrogens (tertiary/aromatic N) is 3. The number of rotatable bonds is 3. The summed E-state index contributed by atoms with van der Waals surface area (Å²) in [4.78, 5) is 11.1. The Hall–Kier alpha value is -2.44. The van der Waals surface area contributed by atoms with Gasteiger partial charge in [-0.15, -0.1) is 10.2 Å². The Morgan fingerprint density at radius 3 is 2.95 bits per heavy atom. The molecule has 1 aromatic carbocycles. The number of ether oxygens (including phenoxy) is 1. The number of aromatic nitrogens is 3. The molecule has 1 atom stereocenters. The smallest absolute Gasteiger partial charge is 0.308 e. The first-order valence-electron chi connectivity index (χ1n) is 6.59. The van der Waals surface area contributed by atoms with Crippen molar-refractivity contribution < 1.29 is 19.0 Å². The van der Waals surface area contributed by atoms with E-state index in [2.05, 4.69) is 10.2 Å². The van der Waals surface area contributed by atoms with E-state index in [9.17, 15) is 9.18 Å². The predicted octanol–water partition coefficient (Wildman–Crippen LogP) is 1.74. The molecule has 2 heterocycles. The molecule has 21 heavy (non-hydrogen) atoms. The van der Waals surface area contributed by atoms with Gasteiger partial charge in [-0.25, -0.2) is 4.39 Å². The lowest BCUT2D eigenvalue weighted by atomic mass is 9.99. The van der Waals surface area contributed by atoms with Crippen LogP contribution in [0.2, 0.25) is 0 Å². The number of hydrogen-bond acceptors (Lipinski definition) is 4. The van der Waals surface area contributed by atoms with Crippen LogP contribution in [0.3, 0.4) is 0 Å². The van der Waals surface area contributed by atoms with Crippen molar-refractivity contribution in [3.63, 3.8) is 0 Å². The molecule has 3 rings (SSSR count). The predicted molar refractivity (Wildman–Crippen MR) is 71.4 cm³/mol. The van der Waals surface area contributed by atoms with Crippen molar-refractivity contribution in [2.45, 2.75) is 19.4 Å². The van der Waals surface area contributed by atoms with Crippen LogP contribution in [-0.2, 0) is 17.8 Å². The fraction of sp³-hybridized carbons (Fsp3) is 0.357. The third-order valence-corrected chi connectivity index (χ3v) is 3.71. The summed E-state index contributed by atoms with van der Waals surface area (Å²) in [6, 6.07) is 4.52. The maximum atomic E-state index is 13.8. The van der Waals surface area contributed by atoms with Crippen molar-refractivity contribution in [1.29, 1.82) is 0 Å². The zero-order chi connectivity index (χ0) is 15.0. The number of carbonyl (C=O) groups is 1. The number of methoxy groups -OCH3 is 1. The van der Waals surface area contributed by atoms with Crippen LogP contribution in [0.15, 0.2) is 18.2 Å². The lowest BCUT2D eigenvalue weighted by Gasteiger charge is -2.21. The SMILES string of the molecule is COc1ccc(-c2nnc3n2CC(C(=O)O)CC3)cc1F. The second kappa shape index (κ2) is 5.16. The number of aliphatic carboxylic acids is 1. The molecule has 2 aromatic rings. The summed E-state index contributed by atoms with van der Waals surface area (Å²) in [5, 5.41) is 17.3. The van der Waals surface area contributed by atoms with E-state index in [0.717, 1.165) is 5.82 Å². The second-order valence-electron chi connectivity index (χ2n) is 4.97. The molecular weight excluding hydrogens is 277 g/mol. The molecular formula is C14H14FN3O3. The van der Waals surface area contributed by atoms with E-state index in [1.165, 1.54) is 19.2 Å². The van der Waals surface area contributed by atoms with Gasteiger partial charge in [-0.05, 0) is 24.6 Å². The van der Waals surface area contributed by atoms with E-state index in [1.54, 1.807) is 10.6 Å². The van der Waals surface area contributed by atoms with E-state index < -0.39 is 17.7 Å². The number of halogens is 1. The van der Waals surface area contributed by atoms with Gasteiger partial charge < -0.3 is 14.4 Å². The van der Waals surface area contributed by atoms with E-state index in [0.29, 0.717) is 30.8 Å². The Morgan fingerprint density at radius 2 is 2.29 bits per heavy atom. The first-order valence-corrected chi connectivity index (χ1v) is 6.59. The first kappa shape index (κ1) is 13.5. The molecule has 1 aliphatic heterocycles. The maximum absolute atomic E-state index is 13.8. The number of aryl methyl sites for hydroxylation is 1. The van der Waals surface area contributed by atoms with Gasteiger partial charge >= 0.3 is 5.97 Å². The maximum Gasteiger partial charge on any atom is 0.308 e. The van der Waals surface area contributed by atoms with Gasteiger partial charge in [0.2, 0.25) is 0 Å². The highest BCUT2D eigenvalue weighted by Gasteiger charge is 2.27. The van der Waals surface area contributed by atoms with Crippen molar-refractivity contribution in [2.24, 2.45) is 5.92 Å². The fourth-order valence-corrected chi connectivity index (χ4v) is 2.55. The first-order chi connectivity index (χ1) is 10.1. The van der Waals surface area contributed by atoms with Crippen molar-refractivity contribution in [1.82, 2.24) is 14.8 Å². The second-order valence-corrected chi connectivity index (χ2v) is 4.97. The quantitative estimate of drug-likeness (QED) is 0.932. The van der Waals surface area contributed by atoms with Crippen LogP contribution < -0.4 is 4.74 Å². The fourth-order valence-electron chi connectivity index (χ4n) is 2.55. The van der Waals surface area contributed by atoms with Gasteiger partial charge in [0.1, 0.15) is 5.82 Å². The van der Waals surface area contributed by atoms with Gasteiger partial charge in [0.05, 0.1) is 13.0 Å². The average Bonchev–Trinajstić information content (AvgIpc) is 2.90. The van der Waals surface area contributed by atoms with Crippen molar-refractivity contribution in [3.05, 3.63) is 29.8 Å². The summed E-state index contributed by atoms with van der Waals surface area (Å²) in [6.45, 7) is 0.306. The molecule has 7 heteroatoms. The zero-order valence-electron chi connectivity index (χ0n) is 11.4. The minimum atomic E-state index is -0.832. The van der Waals surface area contributed by atoms with Crippen LogP contribution in [0, 0.1) is 11.7 Å². The van der Waals surface area contributed by atoms with Gasteiger partial charge in [0, 0.05) is 18.5 Å². The molecule has 0 saturated carbocycles. The molecule has 1 unspecified atom stereocenters. The molecule has 0 fully saturated rings. The third kappa shape index (κ3) is 2.35. The van der Waals surface area contributed by atoms with Crippen LogP contribution in [0.25, 0.3) is 11.4 Å². The standard InChI is InChI=1S/C14H14FN3O3/c1-21-11-4-2-8(6-10(11)15)13-17-16-12-5-3-9(14(19)20)7-18(12)13/h2,4,6,9H,3,5,7H2,1H3,(H,19,20). The van der Waals surface area contributed by atoms with E-state index >= 15 is 0 Å². The molecule has 1 aliphatic rings. The number of fused-ring (bicyclic) bond motifs is 1. The van der Waals surface area contributed by atoms with Crippen molar-refractivity contribution in [3.8, 4) is 17.1 Å². The summed E-state index contributed by atoms with van der Waals surface area (Å²) in [6.07, 6.45) is 1.10. The molecule has 0 bridgehead atoms. The Labute approximate surface area is 120 Å². The van der Waals surface area contributed by atoms with E-state index in [1.807, 2.05) is 0 Å². The minimum absolute atomic E-state index is 0.153. The largest absolute Gasteiger partial charge is 0.494 e. The Balaban J connectivity index is 1.99. The van der Waals surface area contributed by atoms with Gasteiger partial charge in [0.25, 0.3) is 0 Å². The summed E-state index contributed by atoms with van der Waals surface area (Å²) in [5.74, 6) is -0.411. The summed E-state index contributed by atoms with van der Waals surface area (Å²) in [7, 11) is 1.40. The molecule has 0 spiro atoms. The van der Waals surface area contributed by atoms with Gasteiger partial charge in [0.15, 0.2) is 17.4 Å². The number of hydrogen-bond donors (Lipinski definition) is 1. The molecule has 0 radical (unpaired) electrons. The summed E-state index contributed by atoms with van der Waals surface area (Å²) < 4.78 is 20.4. The van der Waals surface area contributed by atoms with Crippen LogP contribution >= 0.6 is 0 Å². The highest BCUT2D eigenvalue weighted by Crippen LogP contribution is 2.28. The van der Waals surface area contributed by atoms with Gasteiger partial charge in [-0.3, -0.25) is 4.79 Å².